The Bertz CT molecular complexity index is 585. The molecular formula is C14H22N2O4S. The highest BCUT2D eigenvalue weighted by molar-refractivity contribution is 7.89. The smallest absolute Gasteiger partial charge is 0.240 e. The molecule has 118 valence electrons. The number of amides is 1. The van der Waals surface area contributed by atoms with Gasteiger partial charge in [0.1, 0.15) is 12.4 Å². The molecule has 0 aromatic heterocycles. The molecule has 0 unspecified atom stereocenters. The van der Waals surface area contributed by atoms with Crippen molar-refractivity contribution >= 4 is 15.9 Å². The Kier molecular flexibility index (Phi) is 6.64. The Morgan fingerprint density at radius 1 is 1.29 bits per heavy atom. The second kappa shape index (κ2) is 7.99. The van der Waals surface area contributed by atoms with Gasteiger partial charge in [-0.15, -0.1) is 0 Å². The van der Waals surface area contributed by atoms with Gasteiger partial charge in [0, 0.05) is 13.0 Å². The first-order valence-electron chi connectivity index (χ1n) is 6.90. The van der Waals surface area contributed by atoms with Crippen LogP contribution in [0.1, 0.15) is 25.8 Å². The fourth-order valence-electron chi connectivity index (χ4n) is 1.70. The van der Waals surface area contributed by atoms with Crippen molar-refractivity contribution in [1.29, 1.82) is 0 Å². The van der Waals surface area contributed by atoms with Gasteiger partial charge in [0.05, 0.1) is 11.4 Å². The van der Waals surface area contributed by atoms with E-state index in [1.807, 2.05) is 0 Å². The van der Waals surface area contributed by atoms with E-state index in [0.717, 1.165) is 5.56 Å². The maximum Gasteiger partial charge on any atom is 0.240 e. The summed E-state index contributed by atoms with van der Waals surface area (Å²) in [6.45, 7) is 6.40. The van der Waals surface area contributed by atoms with E-state index in [4.69, 9.17) is 4.74 Å². The average Bonchev–Trinajstić information content (AvgIpc) is 2.44. The Balaban J connectivity index is 2.65. The van der Waals surface area contributed by atoms with Crippen molar-refractivity contribution in [1.82, 2.24) is 10.0 Å². The summed E-state index contributed by atoms with van der Waals surface area (Å²) in [7, 11) is -3.45. The molecule has 0 atom stereocenters. The van der Waals surface area contributed by atoms with Crippen LogP contribution >= 0.6 is 0 Å². The monoisotopic (exact) mass is 314 g/mol. The Morgan fingerprint density at radius 3 is 2.57 bits per heavy atom. The van der Waals surface area contributed by atoms with Crippen molar-refractivity contribution in [3.63, 3.8) is 0 Å². The summed E-state index contributed by atoms with van der Waals surface area (Å²) in [6, 6.07) is 4.70. The molecule has 1 aromatic carbocycles. The second-order valence-electron chi connectivity index (χ2n) is 4.48. The Labute approximate surface area is 125 Å². The van der Waals surface area contributed by atoms with Crippen LogP contribution in [-0.4, -0.2) is 34.0 Å². The van der Waals surface area contributed by atoms with Gasteiger partial charge < -0.3 is 10.1 Å². The number of benzene rings is 1. The van der Waals surface area contributed by atoms with E-state index in [1.165, 1.54) is 6.07 Å². The zero-order chi connectivity index (χ0) is 15.9. The largest absolute Gasteiger partial charge is 0.491 e. The van der Waals surface area contributed by atoms with E-state index in [-0.39, 0.29) is 10.8 Å². The first-order valence-corrected chi connectivity index (χ1v) is 8.38. The van der Waals surface area contributed by atoms with Crippen LogP contribution in [0.2, 0.25) is 0 Å². The standard InChI is InChI=1S/C14H22N2O4S/c1-4-14(17)15-8-9-20-13-7-6-12(10-11(13)3)21(18,19)16-5-2/h6-7,10,16H,4-5,8-9H2,1-3H3,(H,15,17). The summed E-state index contributed by atoms with van der Waals surface area (Å²) >= 11 is 0. The molecule has 0 aliphatic rings. The number of rotatable bonds is 8. The molecule has 1 aromatic rings. The first-order chi connectivity index (χ1) is 9.90. The molecular weight excluding hydrogens is 292 g/mol. The van der Waals surface area contributed by atoms with Gasteiger partial charge in [0.2, 0.25) is 15.9 Å². The number of nitrogens with one attached hydrogen (secondary N) is 2. The van der Waals surface area contributed by atoms with Crippen LogP contribution < -0.4 is 14.8 Å². The van der Waals surface area contributed by atoms with E-state index in [9.17, 15) is 13.2 Å². The van der Waals surface area contributed by atoms with Gasteiger partial charge in [-0.1, -0.05) is 13.8 Å². The fraction of sp³-hybridized carbons (Fsp3) is 0.500. The third-order valence-electron chi connectivity index (χ3n) is 2.79. The van der Waals surface area contributed by atoms with E-state index in [2.05, 4.69) is 10.0 Å². The van der Waals surface area contributed by atoms with Crippen LogP contribution in [0.15, 0.2) is 23.1 Å². The molecule has 0 bridgehead atoms. The van der Waals surface area contributed by atoms with Crippen molar-refractivity contribution < 1.29 is 17.9 Å². The molecule has 1 rings (SSSR count). The van der Waals surface area contributed by atoms with Gasteiger partial charge in [0.15, 0.2) is 0 Å². The minimum absolute atomic E-state index is 0.0256. The van der Waals surface area contributed by atoms with Crippen LogP contribution in [0.4, 0.5) is 0 Å². The summed E-state index contributed by atoms with van der Waals surface area (Å²) < 4.78 is 31.7. The lowest BCUT2D eigenvalue weighted by Crippen LogP contribution is -2.27. The molecule has 0 aliphatic heterocycles. The Morgan fingerprint density at radius 2 is 2.00 bits per heavy atom. The number of sulfonamides is 1. The number of carbonyl (C=O) groups excluding carboxylic acids is 1. The van der Waals surface area contributed by atoms with E-state index in [1.54, 1.807) is 32.9 Å². The minimum Gasteiger partial charge on any atom is -0.491 e. The number of aryl methyl sites for hydroxylation is 1. The molecule has 0 fully saturated rings. The third-order valence-corrected chi connectivity index (χ3v) is 4.34. The van der Waals surface area contributed by atoms with Gasteiger partial charge in [-0.3, -0.25) is 4.79 Å². The van der Waals surface area contributed by atoms with Crippen LogP contribution in [0.5, 0.6) is 5.75 Å². The number of hydrogen-bond donors (Lipinski definition) is 2. The summed E-state index contributed by atoms with van der Waals surface area (Å²) in [5.74, 6) is 0.582. The summed E-state index contributed by atoms with van der Waals surface area (Å²) in [6.07, 6.45) is 0.440. The van der Waals surface area contributed by atoms with Gasteiger partial charge in [0.25, 0.3) is 0 Å². The van der Waals surface area contributed by atoms with Crippen molar-refractivity contribution in [3.05, 3.63) is 23.8 Å². The third kappa shape index (κ3) is 5.35. The quantitative estimate of drug-likeness (QED) is 0.706. The van der Waals surface area contributed by atoms with Gasteiger partial charge in [-0.25, -0.2) is 13.1 Å². The lowest BCUT2D eigenvalue weighted by atomic mass is 10.2. The van der Waals surface area contributed by atoms with Crippen molar-refractivity contribution in [2.45, 2.75) is 32.1 Å². The lowest BCUT2D eigenvalue weighted by molar-refractivity contribution is -0.120. The fourth-order valence-corrected chi connectivity index (χ4v) is 2.83. The van der Waals surface area contributed by atoms with Gasteiger partial charge in [-0.2, -0.15) is 0 Å². The van der Waals surface area contributed by atoms with Crippen LogP contribution in [0.3, 0.4) is 0 Å². The van der Waals surface area contributed by atoms with Gasteiger partial charge >= 0.3 is 0 Å². The average molecular weight is 314 g/mol. The maximum atomic E-state index is 11.9. The van der Waals surface area contributed by atoms with E-state index < -0.39 is 10.0 Å². The van der Waals surface area contributed by atoms with Crippen molar-refractivity contribution in [2.24, 2.45) is 0 Å². The number of carbonyl (C=O) groups is 1. The predicted molar refractivity (Wildman–Crippen MR) is 80.8 cm³/mol. The maximum absolute atomic E-state index is 11.9. The molecule has 1 amide bonds. The molecule has 21 heavy (non-hydrogen) atoms. The topological polar surface area (TPSA) is 84.5 Å². The molecule has 0 saturated carbocycles. The second-order valence-corrected chi connectivity index (χ2v) is 6.25. The van der Waals surface area contributed by atoms with Crippen molar-refractivity contribution in [2.75, 3.05) is 19.7 Å². The normalized spacial score (nSPS) is 11.2. The van der Waals surface area contributed by atoms with E-state index >= 15 is 0 Å². The molecule has 0 radical (unpaired) electrons. The van der Waals surface area contributed by atoms with Crippen LogP contribution in [0.25, 0.3) is 0 Å². The predicted octanol–water partition coefficient (Wildman–Crippen LogP) is 1.20. The zero-order valence-electron chi connectivity index (χ0n) is 12.6. The Hall–Kier alpha value is -1.60. The molecule has 0 heterocycles. The molecule has 2 N–H and O–H groups in total. The SMILES string of the molecule is CCNS(=O)(=O)c1ccc(OCCNC(=O)CC)c(C)c1. The first kappa shape index (κ1) is 17.5. The highest BCUT2D eigenvalue weighted by Crippen LogP contribution is 2.21. The van der Waals surface area contributed by atoms with E-state index in [0.29, 0.717) is 31.9 Å². The summed E-state index contributed by atoms with van der Waals surface area (Å²) in [5, 5.41) is 2.70. The molecule has 0 spiro atoms. The molecule has 0 aliphatic carbocycles. The number of hydrogen-bond acceptors (Lipinski definition) is 4. The highest BCUT2D eigenvalue weighted by Gasteiger charge is 2.14. The number of ether oxygens (including phenoxy) is 1. The lowest BCUT2D eigenvalue weighted by Gasteiger charge is -2.11. The molecule has 7 heteroatoms. The summed E-state index contributed by atoms with van der Waals surface area (Å²) in [5.41, 5.74) is 0.732. The molecule has 0 saturated heterocycles. The summed E-state index contributed by atoms with van der Waals surface area (Å²) in [4.78, 5) is 11.3. The van der Waals surface area contributed by atoms with Gasteiger partial charge in [-0.05, 0) is 30.7 Å². The highest BCUT2D eigenvalue weighted by atomic mass is 32.2. The molecule has 6 nitrogen and oxygen atoms in total. The minimum atomic E-state index is -3.45. The van der Waals surface area contributed by atoms with Crippen molar-refractivity contribution in [3.8, 4) is 5.75 Å². The van der Waals surface area contributed by atoms with Crippen LogP contribution in [-0.2, 0) is 14.8 Å². The zero-order valence-corrected chi connectivity index (χ0v) is 13.4. The van der Waals surface area contributed by atoms with Crippen LogP contribution in [0, 0.1) is 6.92 Å².